The van der Waals surface area contributed by atoms with Crippen molar-refractivity contribution in [3.63, 3.8) is 0 Å². The van der Waals surface area contributed by atoms with Gasteiger partial charge in [-0.05, 0) is 20.3 Å². The first-order chi connectivity index (χ1) is 10.5. The average Bonchev–Trinajstić information content (AvgIpc) is 2.40. The molecule has 0 aromatic rings. The van der Waals surface area contributed by atoms with E-state index in [1.165, 1.54) is 0 Å². The number of nitrogens with one attached hydrogen (secondary N) is 1. The summed E-state index contributed by atoms with van der Waals surface area (Å²) in [5, 5.41) is 2.92. The SMILES string of the molecule is CCC(C)C(=O)NCCC[N+](C)(C)CCOP(=O)(O)OC(C)C. The molecule has 0 aromatic carbocycles. The maximum Gasteiger partial charge on any atom is 0.472 e. The minimum absolute atomic E-state index is 0.0468. The number of quaternary nitrogens is 1. The Morgan fingerprint density at radius 3 is 2.39 bits per heavy atom. The van der Waals surface area contributed by atoms with Crippen LogP contribution in [0.2, 0.25) is 0 Å². The number of rotatable bonds is 12. The second kappa shape index (κ2) is 10.4. The number of amides is 1. The molecule has 0 radical (unpaired) electrons. The molecular weight excluding hydrogens is 319 g/mol. The van der Waals surface area contributed by atoms with Crippen molar-refractivity contribution in [2.75, 3.05) is 40.3 Å². The molecular formula is C15H34N2O5P+. The molecule has 8 heteroatoms. The van der Waals surface area contributed by atoms with E-state index in [0.29, 0.717) is 17.6 Å². The summed E-state index contributed by atoms with van der Waals surface area (Å²) in [6.07, 6.45) is 1.32. The van der Waals surface area contributed by atoms with Crippen LogP contribution in [0.25, 0.3) is 0 Å². The first-order valence-corrected chi connectivity index (χ1v) is 9.74. The van der Waals surface area contributed by atoms with E-state index < -0.39 is 7.82 Å². The summed E-state index contributed by atoms with van der Waals surface area (Å²) in [5.74, 6) is 0.138. The van der Waals surface area contributed by atoms with Gasteiger partial charge >= 0.3 is 7.82 Å². The van der Waals surface area contributed by atoms with Gasteiger partial charge in [0.05, 0.1) is 26.7 Å². The first-order valence-electron chi connectivity index (χ1n) is 8.24. The van der Waals surface area contributed by atoms with Gasteiger partial charge in [-0.3, -0.25) is 13.8 Å². The third-order valence-electron chi connectivity index (χ3n) is 3.59. The van der Waals surface area contributed by atoms with Crippen LogP contribution in [0.15, 0.2) is 0 Å². The quantitative estimate of drug-likeness (QED) is 0.319. The normalized spacial score (nSPS) is 16.2. The van der Waals surface area contributed by atoms with Crippen molar-refractivity contribution in [1.29, 1.82) is 0 Å². The van der Waals surface area contributed by atoms with Gasteiger partial charge in [0, 0.05) is 18.9 Å². The van der Waals surface area contributed by atoms with Gasteiger partial charge < -0.3 is 14.7 Å². The van der Waals surface area contributed by atoms with Crippen LogP contribution < -0.4 is 5.32 Å². The third kappa shape index (κ3) is 11.7. The highest BCUT2D eigenvalue weighted by Crippen LogP contribution is 2.44. The maximum absolute atomic E-state index is 11.7. The molecule has 2 atom stereocenters. The Morgan fingerprint density at radius 2 is 1.87 bits per heavy atom. The summed E-state index contributed by atoms with van der Waals surface area (Å²) in [6.45, 7) is 9.48. The minimum atomic E-state index is -3.96. The van der Waals surface area contributed by atoms with E-state index in [2.05, 4.69) is 5.32 Å². The van der Waals surface area contributed by atoms with Crippen LogP contribution in [0.3, 0.4) is 0 Å². The van der Waals surface area contributed by atoms with E-state index >= 15 is 0 Å². The lowest BCUT2D eigenvalue weighted by atomic mass is 10.1. The Hall–Kier alpha value is -0.460. The Bertz CT molecular complexity index is 401. The number of hydrogen-bond acceptors (Lipinski definition) is 4. The summed E-state index contributed by atoms with van der Waals surface area (Å²) in [4.78, 5) is 21.1. The van der Waals surface area contributed by atoms with E-state index in [0.717, 1.165) is 19.4 Å². The zero-order valence-electron chi connectivity index (χ0n) is 15.4. The summed E-state index contributed by atoms with van der Waals surface area (Å²) in [7, 11) is 0.0775. The zero-order chi connectivity index (χ0) is 18.1. The highest BCUT2D eigenvalue weighted by Gasteiger charge is 2.24. The third-order valence-corrected chi connectivity index (χ3v) is 4.79. The van der Waals surface area contributed by atoms with Gasteiger partial charge in [0.2, 0.25) is 5.91 Å². The molecule has 0 aliphatic heterocycles. The van der Waals surface area contributed by atoms with Gasteiger partial charge in [-0.15, -0.1) is 0 Å². The molecule has 2 N–H and O–H groups in total. The van der Waals surface area contributed by atoms with Crippen LogP contribution in [-0.2, 0) is 18.4 Å². The Balaban J connectivity index is 3.97. The van der Waals surface area contributed by atoms with Crippen LogP contribution in [-0.4, -0.2) is 61.7 Å². The predicted molar refractivity (Wildman–Crippen MR) is 90.9 cm³/mol. The van der Waals surface area contributed by atoms with E-state index in [1.54, 1.807) is 13.8 Å². The van der Waals surface area contributed by atoms with Gasteiger partial charge in [0.25, 0.3) is 0 Å². The van der Waals surface area contributed by atoms with Crippen molar-refractivity contribution in [2.45, 2.75) is 46.6 Å². The lowest BCUT2D eigenvalue weighted by Crippen LogP contribution is -2.44. The summed E-state index contributed by atoms with van der Waals surface area (Å²) in [5.41, 5.74) is 0. The van der Waals surface area contributed by atoms with Crippen molar-refractivity contribution in [2.24, 2.45) is 5.92 Å². The molecule has 0 aromatic heterocycles. The Labute approximate surface area is 140 Å². The number of likely N-dealkylation sites (N-methyl/N-ethyl adjacent to an activating group) is 1. The van der Waals surface area contributed by atoms with E-state index in [-0.39, 0.29) is 24.5 Å². The largest absolute Gasteiger partial charge is 0.472 e. The molecule has 2 unspecified atom stereocenters. The number of phosphoric acid groups is 1. The second-order valence-corrected chi connectivity index (χ2v) is 8.20. The number of carbonyl (C=O) groups is 1. The topological polar surface area (TPSA) is 84.9 Å². The molecule has 0 saturated carbocycles. The van der Waals surface area contributed by atoms with Gasteiger partial charge in [-0.1, -0.05) is 13.8 Å². The van der Waals surface area contributed by atoms with Crippen LogP contribution in [0.5, 0.6) is 0 Å². The molecule has 0 saturated heterocycles. The molecule has 138 valence electrons. The molecule has 0 heterocycles. The zero-order valence-corrected chi connectivity index (χ0v) is 16.3. The van der Waals surface area contributed by atoms with Gasteiger partial charge in [-0.25, -0.2) is 4.57 Å². The van der Waals surface area contributed by atoms with Gasteiger partial charge in [-0.2, -0.15) is 0 Å². The van der Waals surface area contributed by atoms with Crippen molar-refractivity contribution < 1.29 is 27.8 Å². The fourth-order valence-electron chi connectivity index (χ4n) is 1.89. The highest BCUT2D eigenvalue weighted by molar-refractivity contribution is 7.47. The molecule has 0 aliphatic rings. The number of phosphoric ester groups is 1. The van der Waals surface area contributed by atoms with Crippen LogP contribution in [0.1, 0.15) is 40.5 Å². The van der Waals surface area contributed by atoms with Crippen LogP contribution in [0, 0.1) is 5.92 Å². The van der Waals surface area contributed by atoms with E-state index in [1.807, 2.05) is 27.9 Å². The molecule has 0 spiro atoms. The summed E-state index contributed by atoms with van der Waals surface area (Å²) in [6, 6.07) is 0. The van der Waals surface area contributed by atoms with Crippen molar-refractivity contribution in [3.8, 4) is 0 Å². The summed E-state index contributed by atoms with van der Waals surface area (Å²) < 4.78 is 22.0. The summed E-state index contributed by atoms with van der Waals surface area (Å²) >= 11 is 0. The molecule has 0 fully saturated rings. The predicted octanol–water partition coefficient (Wildman–Crippen LogP) is 2.16. The molecule has 1 amide bonds. The standard InChI is InChI=1S/C15H33N2O5P/c1-7-14(4)15(18)16-9-8-10-17(5,6)11-12-21-23(19,20)22-13(2)3/h13-14H,7-12H2,1-6H3,(H-,16,18,19,20)/p+1. The lowest BCUT2D eigenvalue weighted by Gasteiger charge is -2.30. The van der Waals surface area contributed by atoms with Gasteiger partial charge in [0.15, 0.2) is 0 Å². The van der Waals surface area contributed by atoms with Gasteiger partial charge in [0.1, 0.15) is 13.2 Å². The first kappa shape index (κ1) is 22.5. The maximum atomic E-state index is 11.7. The van der Waals surface area contributed by atoms with Crippen LogP contribution >= 0.6 is 7.82 Å². The van der Waals surface area contributed by atoms with Crippen molar-refractivity contribution in [1.82, 2.24) is 5.32 Å². The monoisotopic (exact) mass is 353 g/mol. The Morgan fingerprint density at radius 1 is 1.26 bits per heavy atom. The number of hydrogen-bond donors (Lipinski definition) is 2. The Kier molecular flexibility index (Phi) is 10.2. The van der Waals surface area contributed by atoms with E-state index in [9.17, 15) is 14.3 Å². The average molecular weight is 353 g/mol. The number of carbonyl (C=O) groups excluding carboxylic acids is 1. The fourth-order valence-corrected chi connectivity index (χ4v) is 2.80. The second-order valence-electron chi connectivity index (χ2n) is 6.79. The molecule has 7 nitrogen and oxygen atoms in total. The highest BCUT2D eigenvalue weighted by atomic mass is 31.2. The molecule has 0 aliphatic carbocycles. The smallest absolute Gasteiger partial charge is 0.356 e. The lowest BCUT2D eigenvalue weighted by molar-refractivity contribution is -0.890. The van der Waals surface area contributed by atoms with Crippen molar-refractivity contribution in [3.05, 3.63) is 0 Å². The van der Waals surface area contributed by atoms with Crippen LogP contribution in [0.4, 0.5) is 0 Å². The molecule has 0 rings (SSSR count). The molecule has 0 bridgehead atoms. The van der Waals surface area contributed by atoms with E-state index in [4.69, 9.17) is 9.05 Å². The number of nitrogens with zero attached hydrogens (tertiary/aromatic N) is 1. The van der Waals surface area contributed by atoms with Crippen molar-refractivity contribution >= 4 is 13.7 Å². The molecule has 23 heavy (non-hydrogen) atoms. The minimum Gasteiger partial charge on any atom is -0.356 e. The fraction of sp³-hybridized carbons (Fsp3) is 0.933.